The van der Waals surface area contributed by atoms with E-state index in [1.54, 1.807) is 18.2 Å². The lowest BCUT2D eigenvalue weighted by Gasteiger charge is -2.31. The standard InChI is InChI=1S/C17H25NO5/c1-12(19)13-5-6-16(17(8-13)22-2)23-11-15(21)10-18-7-3-4-14(20)9-18/h5-6,8,14-15,20-21H,3-4,7,9-11H2,1-2H3/t14-,15+/m0/s1. The first-order valence-corrected chi connectivity index (χ1v) is 7.90. The summed E-state index contributed by atoms with van der Waals surface area (Å²) in [6.07, 6.45) is 0.797. The van der Waals surface area contributed by atoms with Crippen molar-refractivity contribution in [2.45, 2.75) is 32.0 Å². The van der Waals surface area contributed by atoms with Crippen molar-refractivity contribution in [3.63, 3.8) is 0 Å². The number of ketones is 1. The van der Waals surface area contributed by atoms with Gasteiger partial charge in [0.1, 0.15) is 12.7 Å². The van der Waals surface area contributed by atoms with E-state index in [2.05, 4.69) is 0 Å². The van der Waals surface area contributed by atoms with Crippen LogP contribution in [0.15, 0.2) is 18.2 Å². The minimum atomic E-state index is -0.655. The number of Topliss-reactive ketones (excluding diaryl/α,β-unsaturated/α-hetero) is 1. The van der Waals surface area contributed by atoms with Crippen LogP contribution in [0.1, 0.15) is 30.1 Å². The molecule has 2 atom stereocenters. The molecule has 0 spiro atoms. The Morgan fingerprint density at radius 3 is 2.87 bits per heavy atom. The molecule has 0 radical (unpaired) electrons. The molecule has 0 bridgehead atoms. The molecule has 0 amide bonds. The predicted octanol–water partition coefficient (Wildman–Crippen LogP) is 1.09. The Hall–Kier alpha value is -1.63. The van der Waals surface area contributed by atoms with Crippen LogP contribution < -0.4 is 9.47 Å². The molecule has 1 aliphatic heterocycles. The number of β-amino-alcohol motifs (C(OH)–C–C–N with tert-alkyl or cyclic N) is 2. The van der Waals surface area contributed by atoms with Crippen molar-refractivity contribution in [1.29, 1.82) is 0 Å². The van der Waals surface area contributed by atoms with Crippen molar-refractivity contribution >= 4 is 5.78 Å². The molecule has 1 saturated heterocycles. The average Bonchev–Trinajstić information content (AvgIpc) is 2.52. The molecule has 23 heavy (non-hydrogen) atoms. The first-order chi connectivity index (χ1) is 11.0. The maximum absolute atomic E-state index is 11.4. The highest BCUT2D eigenvalue weighted by atomic mass is 16.5. The minimum absolute atomic E-state index is 0.0430. The molecule has 1 heterocycles. The van der Waals surface area contributed by atoms with Gasteiger partial charge in [-0.05, 0) is 44.5 Å². The second-order valence-electron chi connectivity index (χ2n) is 5.94. The monoisotopic (exact) mass is 323 g/mol. The van der Waals surface area contributed by atoms with E-state index in [0.717, 1.165) is 19.4 Å². The van der Waals surface area contributed by atoms with E-state index in [0.29, 0.717) is 30.2 Å². The molecule has 0 aliphatic carbocycles. The molecule has 1 aliphatic rings. The number of hydrogen-bond donors (Lipinski definition) is 2. The van der Waals surface area contributed by atoms with E-state index in [1.807, 2.05) is 4.90 Å². The first kappa shape index (κ1) is 17.7. The van der Waals surface area contributed by atoms with Crippen molar-refractivity contribution in [3.8, 4) is 11.5 Å². The highest BCUT2D eigenvalue weighted by Crippen LogP contribution is 2.28. The topological polar surface area (TPSA) is 79.2 Å². The number of aliphatic hydroxyl groups is 2. The molecular weight excluding hydrogens is 298 g/mol. The highest BCUT2D eigenvalue weighted by Gasteiger charge is 2.20. The summed E-state index contributed by atoms with van der Waals surface area (Å²) in [5, 5.41) is 19.8. The summed E-state index contributed by atoms with van der Waals surface area (Å²) < 4.78 is 10.8. The number of rotatable bonds is 7. The van der Waals surface area contributed by atoms with Crippen LogP contribution in [0.5, 0.6) is 11.5 Å². The van der Waals surface area contributed by atoms with Crippen molar-refractivity contribution in [1.82, 2.24) is 4.90 Å². The van der Waals surface area contributed by atoms with Gasteiger partial charge in [0, 0.05) is 18.7 Å². The van der Waals surface area contributed by atoms with E-state index in [-0.39, 0.29) is 18.5 Å². The zero-order valence-electron chi connectivity index (χ0n) is 13.7. The fourth-order valence-corrected chi connectivity index (χ4v) is 2.74. The Balaban J connectivity index is 1.88. The zero-order valence-corrected chi connectivity index (χ0v) is 13.7. The largest absolute Gasteiger partial charge is 0.493 e. The molecule has 128 valence electrons. The van der Waals surface area contributed by atoms with Gasteiger partial charge in [0.05, 0.1) is 13.2 Å². The number of benzene rings is 1. The normalized spacial score (nSPS) is 20.1. The van der Waals surface area contributed by atoms with Crippen LogP contribution >= 0.6 is 0 Å². The third-order valence-corrected chi connectivity index (χ3v) is 3.95. The number of likely N-dealkylation sites (tertiary alicyclic amines) is 1. The number of nitrogens with zero attached hydrogens (tertiary/aromatic N) is 1. The summed E-state index contributed by atoms with van der Waals surface area (Å²) in [7, 11) is 1.51. The quantitative estimate of drug-likeness (QED) is 0.732. The Morgan fingerprint density at radius 1 is 1.43 bits per heavy atom. The SMILES string of the molecule is COc1cc(C(C)=O)ccc1OC[C@H](O)CN1CCC[C@H](O)C1. The van der Waals surface area contributed by atoms with E-state index >= 15 is 0 Å². The van der Waals surface area contributed by atoms with Crippen LogP contribution in [-0.4, -0.2) is 66.5 Å². The Labute approximate surface area is 136 Å². The lowest BCUT2D eigenvalue weighted by Crippen LogP contribution is -2.43. The molecule has 1 aromatic rings. The number of carbonyl (C=O) groups excluding carboxylic acids is 1. The van der Waals surface area contributed by atoms with Crippen molar-refractivity contribution in [3.05, 3.63) is 23.8 Å². The van der Waals surface area contributed by atoms with Gasteiger partial charge in [-0.1, -0.05) is 0 Å². The summed E-state index contributed by atoms with van der Waals surface area (Å²) in [5.41, 5.74) is 0.553. The van der Waals surface area contributed by atoms with Crippen LogP contribution in [0.4, 0.5) is 0 Å². The van der Waals surface area contributed by atoms with Crippen LogP contribution in [0.3, 0.4) is 0 Å². The van der Waals surface area contributed by atoms with Gasteiger partial charge in [-0.15, -0.1) is 0 Å². The van der Waals surface area contributed by atoms with E-state index < -0.39 is 6.10 Å². The fourth-order valence-electron chi connectivity index (χ4n) is 2.74. The summed E-state index contributed by atoms with van der Waals surface area (Å²) in [6.45, 7) is 3.55. The lowest BCUT2D eigenvalue weighted by atomic mass is 10.1. The minimum Gasteiger partial charge on any atom is -0.493 e. The lowest BCUT2D eigenvalue weighted by molar-refractivity contribution is 0.0240. The van der Waals surface area contributed by atoms with Crippen LogP contribution in [0, 0.1) is 0 Å². The molecule has 0 aromatic heterocycles. The molecular formula is C17H25NO5. The Bertz CT molecular complexity index is 534. The smallest absolute Gasteiger partial charge is 0.161 e. The number of methoxy groups -OCH3 is 1. The highest BCUT2D eigenvalue weighted by molar-refractivity contribution is 5.94. The molecule has 2 N–H and O–H groups in total. The number of carbonyl (C=O) groups is 1. The molecule has 6 heteroatoms. The van der Waals surface area contributed by atoms with Gasteiger partial charge in [-0.2, -0.15) is 0 Å². The average molecular weight is 323 g/mol. The van der Waals surface area contributed by atoms with Crippen molar-refractivity contribution < 1.29 is 24.5 Å². The van der Waals surface area contributed by atoms with Gasteiger partial charge in [0.2, 0.25) is 0 Å². The molecule has 0 saturated carbocycles. The third kappa shape index (κ3) is 5.20. The molecule has 6 nitrogen and oxygen atoms in total. The van der Waals surface area contributed by atoms with Gasteiger partial charge in [-0.3, -0.25) is 9.69 Å². The van der Waals surface area contributed by atoms with Gasteiger partial charge < -0.3 is 19.7 Å². The predicted molar refractivity (Wildman–Crippen MR) is 86.2 cm³/mol. The van der Waals surface area contributed by atoms with E-state index in [4.69, 9.17) is 9.47 Å². The van der Waals surface area contributed by atoms with Gasteiger partial charge in [0.15, 0.2) is 17.3 Å². The zero-order chi connectivity index (χ0) is 16.8. The third-order valence-electron chi connectivity index (χ3n) is 3.95. The van der Waals surface area contributed by atoms with Gasteiger partial charge >= 0.3 is 0 Å². The molecule has 0 unspecified atom stereocenters. The molecule has 2 rings (SSSR count). The van der Waals surface area contributed by atoms with E-state index in [9.17, 15) is 15.0 Å². The Morgan fingerprint density at radius 2 is 2.22 bits per heavy atom. The summed E-state index contributed by atoms with van der Waals surface area (Å²) in [4.78, 5) is 13.4. The number of ether oxygens (including phenoxy) is 2. The second-order valence-corrected chi connectivity index (χ2v) is 5.94. The number of aliphatic hydroxyl groups excluding tert-OH is 2. The summed E-state index contributed by atoms with van der Waals surface area (Å²) in [6, 6.07) is 4.98. The van der Waals surface area contributed by atoms with E-state index in [1.165, 1.54) is 14.0 Å². The van der Waals surface area contributed by atoms with Crippen LogP contribution in [0.2, 0.25) is 0 Å². The van der Waals surface area contributed by atoms with Crippen LogP contribution in [0.25, 0.3) is 0 Å². The van der Waals surface area contributed by atoms with Crippen molar-refractivity contribution in [2.24, 2.45) is 0 Å². The Kier molecular flexibility index (Phi) is 6.38. The maximum atomic E-state index is 11.4. The number of piperidine rings is 1. The van der Waals surface area contributed by atoms with Gasteiger partial charge in [-0.25, -0.2) is 0 Å². The maximum Gasteiger partial charge on any atom is 0.161 e. The summed E-state index contributed by atoms with van der Waals surface area (Å²) >= 11 is 0. The van der Waals surface area contributed by atoms with Crippen molar-refractivity contribution in [2.75, 3.05) is 33.4 Å². The fraction of sp³-hybridized carbons (Fsp3) is 0.588. The van der Waals surface area contributed by atoms with Crippen LogP contribution in [-0.2, 0) is 0 Å². The first-order valence-electron chi connectivity index (χ1n) is 7.90. The molecule has 1 aromatic carbocycles. The second kappa shape index (κ2) is 8.29. The van der Waals surface area contributed by atoms with Gasteiger partial charge in [0.25, 0.3) is 0 Å². The summed E-state index contributed by atoms with van der Waals surface area (Å²) in [5.74, 6) is 0.923. The number of hydrogen-bond acceptors (Lipinski definition) is 6. The molecule has 1 fully saturated rings.